The Morgan fingerprint density at radius 3 is 2.48 bits per heavy atom. The molecule has 0 saturated heterocycles. The zero-order chi connectivity index (χ0) is 23.5. The van der Waals surface area contributed by atoms with E-state index in [1.54, 1.807) is 16.9 Å². The first kappa shape index (κ1) is 22.8. The number of primary amides is 1. The first-order valence-electron chi connectivity index (χ1n) is 11.6. The summed E-state index contributed by atoms with van der Waals surface area (Å²) in [5.41, 5.74) is 9.36. The Balaban J connectivity index is 1.49. The minimum atomic E-state index is -0.508. The Hall–Kier alpha value is -3.42. The lowest BCUT2D eigenvalue weighted by Crippen LogP contribution is -2.31. The second kappa shape index (κ2) is 9.60. The highest BCUT2D eigenvalue weighted by Crippen LogP contribution is 2.34. The standard InChI is InChI=1S/C25H32N6O2/c1-16(2)13-31-15-19(20-12-28-30(3)14-20)10-23(25(31)33)29-21-7-4-17(5-8-21)18-6-9-22(24(26)32)27-11-18/h6,9-12,14-17,21,29H,4-5,7-8,13H2,1-3H3,(H2,26,32)/t17-,21+. The molecular weight excluding hydrogens is 416 g/mol. The highest BCUT2D eigenvalue weighted by Gasteiger charge is 2.24. The molecule has 1 fully saturated rings. The number of nitrogens with one attached hydrogen (secondary N) is 1. The number of pyridine rings is 2. The van der Waals surface area contributed by atoms with Gasteiger partial charge in [0.25, 0.3) is 11.5 Å². The predicted molar refractivity (Wildman–Crippen MR) is 129 cm³/mol. The van der Waals surface area contributed by atoms with Gasteiger partial charge < -0.3 is 15.6 Å². The molecule has 0 aromatic carbocycles. The van der Waals surface area contributed by atoms with Crippen molar-refractivity contribution in [2.75, 3.05) is 5.32 Å². The molecule has 3 aromatic heterocycles. The smallest absolute Gasteiger partial charge is 0.273 e. The van der Waals surface area contributed by atoms with Crippen LogP contribution in [0.1, 0.15) is 61.5 Å². The number of carbonyl (C=O) groups is 1. The SMILES string of the molecule is CC(C)Cn1cc(-c2cnn(C)c2)cc(N[C@H]2CC[C@@H](c3ccc(C(N)=O)nc3)CC2)c1=O. The lowest BCUT2D eigenvalue weighted by molar-refractivity contribution is 0.0995. The number of aryl methyl sites for hydroxylation is 1. The summed E-state index contributed by atoms with van der Waals surface area (Å²) in [4.78, 5) is 28.6. The van der Waals surface area contributed by atoms with Crippen LogP contribution >= 0.6 is 0 Å². The molecule has 1 saturated carbocycles. The van der Waals surface area contributed by atoms with Crippen molar-refractivity contribution in [3.63, 3.8) is 0 Å². The van der Waals surface area contributed by atoms with Crippen molar-refractivity contribution in [2.45, 2.75) is 58.0 Å². The maximum atomic E-state index is 13.2. The molecule has 1 aliphatic rings. The van der Waals surface area contributed by atoms with E-state index in [0.717, 1.165) is 42.4 Å². The van der Waals surface area contributed by atoms with E-state index in [2.05, 4.69) is 29.2 Å². The van der Waals surface area contributed by atoms with E-state index < -0.39 is 5.91 Å². The fraction of sp³-hybridized carbons (Fsp3) is 0.440. The van der Waals surface area contributed by atoms with Crippen LogP contribution in [0, 0.1) is 5.92 Å². The molecule has 0 atom stereocenters. The summed E-state index contributed by atoms with van der Waals surface area (Å²) >= 11 is 0. The van der Waals surface area contributed by atoms with E-state index in [1.807, 2.05) is 42.3 Å². The Bertz CT molecular complexity index is 1170. The van der Waals surface area contributed by atoms with Gasteiger partial charge in [-0.25, -0.2) is 0 Å². The Kier molecular flexibility index (Phi) is 6.62. The van der Waals surface area contributed by atoms with Crippen LogP contribution in [-0.2, 0) is 13.6 Å². The van der Waals surface area contributed by atoms with Crippen molar-refractivity contribution in [2.24, 2.45) is 18.7 Å². The summed E-state index contributed by atoms with van der Waals surface area (Å²) in [5.74, 6) is 0.257. The van der Waals surface area contributed by atoms with Crippen LogP contribution in [0.5, 0.6) is 0 Å². The number of nitrogens with zero attached hydrogens (tertiary/aromatic N) is 4. The highest BCUT2D eigenvalue weighted by molar-refractivity contribution is 5.90. The molecule has 0 aliphatic heterocycles. The van der Waals surface area contributed by atoms with Crippen LogP contribution in [-0.4, -0.2) is 31.3 Å². The second-order valence-electron chi connectivity index (χ2n) is 9.43. The summed E-state index contributed by atoms with van der Waals surface area (Å²) in [6.45, 7) is 4.90. The normalized spacial score (nSPS) is 18.4. The molecule has 1 amide bonds. The largest absolute Gasteiger partial charge is 0.378 e. The zero-order valence-corrected chi connectivity index (χ0v) is 19.5. The molecule has 3 aromatic rings. The molecule has 4 rings (SSSR count). The third-order valence-corrected chi connectivity index (χ3v) is 6.28. The first-order chi connectivity index (χ1) is 15.8. The predicted octanol–water partition coefficient (Wildman–Crippen LogP) is 3.54. The van der Waals surface area contributed by atoms with E-state index in [1.165, 1.54) is 0 Å². The number of anilines is 1. The molecule has 1 aliphatic carbocycles. The van der Waals surface area contributed by atoms with E-state index in [-0.39, 0.29) is 11.6 Å². The van der Waals surface area contributed by atoms with Gasteiger partial charge in [0.15, 0.2) is 0 Å². The van der Waals surface area contributed by atoms with Crippen molar-refractivity contribution in [1.29, 1.82) is 0 Å². The van der Waals surface area contributed by atoms with Gasteiger partial charge in [0, 0.05) is 49.4 Å². The molecule has 8 heteroatoms. The zero-order valence-electron chi connectivity index (χ0n) is 19.5. The molecule has 0 bridgehead atoms. The third kappa shape index (κ3) is 5.32. The van der Waals surface area contributed by atoms with Crippen LogP contribution in [0.25, 0.3) is 11.1 Å². The minimum Gasteiger partial charge on any atom is -0.378 e. The molecule has 33 heavy (non-hydrogen) atoms. The van der Waals surface area contributed by atoms with Gasteiger partial charge in [-0.05, 0) is 55.2 Å². The molecule has 0 unspecified atom stereocenters. The van der Waals surface area contributed by atoms with Crippen molar-refractivity contribution in [3.05, 3.63) is 64.6 Å². The Labute approximate surface area is 193 Å². The van der Waals surface area contributed by atoms with E-state index in [0.29, 0.717) is 29.8 Å². The van der Waals surface area contributed by atoms with Crippen molar-refractivity contribution in [1.82, 2.24) is 19.3 Å². The van der Waals surface area contributed by atoms with Crippen LogP contribution in [0.2, 0.25) is 0 Å². The van der Waals surface area contributed by atoms with Crippen LogP contribution in [0.3, 0.4) is 0 Å². The molecule has 8 nitrogen and oxygen atoms in total. The average molecular weight is 449 g/mol. The summed E-state index contributed by atoms with van der Waals surface area (Å²) in [6.07, 6.45) is 11.4. The van der Waals surface area contributed by atoms with Crippen molar-refractivity contribution < 1.29 is 4.79 Å². The quantitative estimate of drug-likeness (QED) is 0.575. The number of amides is 1. The van der Waals surface area contributed by atoms with Crippen LogP contribution in [0.15, 0.2) is 47.8 Å². The van der Waals surface area contributed by atoms with Gasteiger partial charge >= 0.3 is 0 Å². The van der Waals surface area contributed by atoms with Gasteiger partial charge in [-0.3, -0.25) is 19.3 Å². The lowest BCUT2D eigenvalue weighted by atomic mass is 9.82. The molecule has 3 heterocycles. The first-order valence-corrected chi connectivity index (χ1v) is 11.6. The van der Waals surface area contributed by atoms with E-state index in [4.69, 9.17) is 5.73 Å². The van der Waals surface area contributed by atoms with Crippen molar-refractivity contribution in [3.8, 4) is 11.1 Å². The summed E-state index contributed by atoms with van der Waals surface area (Å²) in [6, 6.07) is 5.84. The number of nitrogens with two attached hydrogens (primary N) is 1. The van der Waals surface area contributed by atoms with Crippen LogP contribution in [0.4, 0.5) is 5.69 Å². The molecule has 0 radical (unpaired) electrons. The monoisotopic (exact) mass is 448 g/mol. The number of carbonyl (C=O) groups excluding carboxylic acids is 1. The third-order valence-electron chi connectivity index (χ3n) is 6.28. The van der Waals surface area contributed by atoms with Gasteiger partial charge in [-0.2, -0.15) is 5.10 Å². The van der Waals surface area contributed by atoms with Gasteiger partial charge in [0.2, 0.25) is 0 Å². The summed E-state index contributed by atoms with van der Waals surface area (Å²) in [5, 5.41) is 7.82. The molecular formula is C25H32N6O2. The molecule has 3 N–H and O–H groups in total. The van der Waals surface area contributed by atoms with Crippen molar-refractivity contribution >= 4 is 11.6 Å². The summed E-state index contributed by atoms with van der Waals surface area (Å²) in [7, 11) is 1.89. The molecule has 174 valence electrons. The summed E-state index contributed by atoms with van der Waals surface area (Å²) < 4.78 is 3.58. The number of hydrogen-bond donors (Lipinski definition) is 2. The van der Waals surface area contributed by atoms with Gasteiger partial charge in [0.1, 0.15) is 11.4 Å². The maximum Gasteiger partial charge on any atom is 0.273 e. The molecule has 0 spiro atoms. The van der Waals surface area contributed by atoms with Gasteiger partial charge in [-0.15, -0.1) is 0 Å². The number of aromatic nitrogens is 4. The second-order valence-corrected chi connectivity index (χ2v) is 9.43. The fourth-order valence-electron chi connectivity index (χ4n) is 4.58. The Morgan fingerprint density at radius 2 is 1.91 bits per heavy atom. The average Bonchev–Trinajstić information content (AvgIpc) is 3.23. The lowest BCUT2D eigenvalue weighted by Gasteiger charge is -2.30. The Morgan fingerprint density at radius 1 is 1.15 bits per heavy atom. The van der Waals surface area contributed by atoms with Crippen LogP contribution < -0.4 is 16.6 Å². The highest BCUT2D eigenvalue weighted by atomic mass is 16.1. The number of rotatable bonds is 7. The van der Waals surface area contributed by atoms with E-state index >= 15 is 0 Å². The fourth-order valence-corrected chi connectivity index (χ4v) is 4.58. The van der Waals surface area contributed by atoms with Gasteiger partial charge in [-0.1, -0.05) is 19.9 Å². The van der Waals surface area contributed by atoms with E-state index in [9.17, 15) is 9.59 Å². The topological polar surface area (TPSA) is 108 Å². The minimum absolute atomic E-state index is 0.0182. The number of hydrogen-bond acceptors (Lipinski definition) is 5. The maximum absolute atomic E-state index is 13.2. The van der Waals surface area contributed by atoms with Gasteiger partial charge in [0.05, 0.1) is 6.20 Å².